The van der Waals surface area contributed by atoms with E-state index in [0.29, 0.717) is 38.5 Å². The molecule has 0 aliphatic carbocycles. The van der Waals surface area contributed by atoms with Crippen LogP contribution in [0.3, 0.4) is 0 Å². The van der Waals surface area contributed by atoms with E-state index in [1.165, 1.54) is 0 Å². The van der Waals surface area contributed by atoms with E-state index in [-0.39, 0.29) is 18.4 Å². The maximum absolute atomic E-state index is 12.1. The third-order valence-corrected chi connectivity index (χ3v) is 4.36. The van der Waals surface area contributed by atoms with Crippen LogP contribution in [0.25, 0.3) is 0 Å². The molecule has 2 rings (SSSR count). The Balaban J connectivity index is 1.91. The molecule has 2 fully saturated rings. The maximum atomic E-state index is 12.1. The minimum atomic E-state index is -0.858. The Morgan fingerprint density at radius 2 is 2.05 bits per heavy atom. The zero-order valence-corrected chi connectivity index (χ0v) is 11.3. The average Bonchev–Trinajstić information content (AvgIpc) is 2.83. The van der Waals surface area contributed by atoms with Crippen LogP contribution in [-0.4, -0.2) is 49.8 Å². The Morgan fingerprint density at radius 1 is 1.37 bits per heavy atom. The molecule has 0 bridgehead atoms. The van der Waals surface area contributed by atoms with Gasteiger partial charge in [-0.25, -0.2) is 0 Å². The van der Waals surface area contributed by atoms with Gasteiger partial charge in [-0.1, -0.05) is 6.92 Å². The molecular formula is C13H22N2O4. The minimum Gasteiger partial charge on any atom is -0.481 e. The largest absolute Gasteiger partial charge is 0.481 e. The summed E-state index contributed by atoms with van der Waals surface area (Å²) in [6.45, 7) is 4.65. The molecule has 2 saturated heterocycles. The second kappa shape index (κ2) is 5.88. The smallest absolute Gasteiger partial charge is 0.311 e. The number of ether oxygens (including phenoxy) is 1. The summed E-state index contributed by atoms with van der Waals surface area (Å²) in [6, 6.07) is 0. The highest BCUT2D eigenvalue weighted by molar-refractivity contribution is 5.81. The number of carboxylic acids is 1. The normalized spacial score (nSPS) is 29.9. The summed E-state index contributed by atoms with van der Waals surface area (Å²) in [5, 5.41) is 15.4. The summed E-state index contributed by atoms with van der Waals surface area (Å²) < 4.78 is 5.21. The van der Waals surface area contributed by atoms with Gasteiger partial charge in [0.2, 0.25) is 5.91 Å². The number of amides is 1. The van der Waals surface area contributed by atoms with Gasteiger partial charge >= 0.3 is 5.97 Å². The van der Waals surface area contributed by atoms with Crippen molar-refractivity contribution in [3.8, 4) is 0 Å². The van der Waals surface area contributed by atoms with Gasteiger partial charge in [0.1, 0.15) is 0 Å². The van der Waals surface area contributed by atoms with Gasteiger partial charge in [-0.3, -0.25) is 9.59 Å². The van der Waals surface area contributed by atoms with Crippen molar-refractivity contribution < 1.29 is 19.4 Å². The zero-order valence-electron chi connectivity index (χ0n) is 11.3. The summed E-state index contributed by atoms with van der Waals surface area (Å²) in [5.41, 5.74) is -0.858. The number of hydrogen-bond donors (Lipinski definition) is 3. The first kappa shape index (κ1) is 14.3. The molecule has 0 aromatic carbocycles. The minimum absolute atomic E-state index is 0.0374. The van der Waals surface area contributed by atoms with Crippen LogP contribution in [0.15, 0.2) is 0 Å². The third kappa shape index (κ3) is 3.06. The molecule has 3 N–H and O–H groups in total. The number of carboxylic acid groups (broad SMARTS) is 1. The predicted octanol–water partition coefficient (Wildman–Crippen LogP) is -0.160. The van der Waals surface area contributed by atoms with Crippen LogP contribution in [0.1, 0.15) is 19.8 Å². The van der Waals surface area contributed by atoms with Gasteiger partial charge in [0, 0.05) is 26.3 Å². The first-order valence-electron chi connectivity index (χ1n) is 6.85. The lowest BCUT2D eigenvalue weighted by Crippen LogP contribution is -2.48. The fourth-order valence-electron chi connectivity index (χ4n) is 2.78. The Bertz CT molecular complexity index is 353. The molecule has 2 heterocycles. The number of hydrogen-bond acceptors (Lipinski definition) is 4. The highest BCUT2D eigenvalue weighted by Crippen LogP contribution is 2.30. The molecule has 1 amide bonds. The zero-order chi connectivity index (χ0) is 13.9. The van der Waals surface area contributed by atoms with E-state index in [9.17, 15) is 14.7 Å². The first-order valence-corrected chi connectivity index (χ1v) is 6.85. The number of nitrogens with one attached hydrogen (secondary N) is 2. The van der Waals surface area contributed by atoms with Crippen molar-refractivity contribution >= 4 is 11.9 Å². The highest BCUT2D eigenvalue weighted by atomic mass is 16.5. The Morgan fingerprint density at radius 3 is 2.58 bits per heavy atom. The van der Waals surface area contributed by atoms with Gasteiger partial charge in [-0.05, 0) is 25.3 Å². The van der Waals surface area contributed by atoms with Crippen molar-refractivity contribution in [3.05, 3.63) is 0 Å². The van der Waals surface area contributed by atoms with E-state index in [0.717, 1.165) is 6.54 Å². The number of carbonyl (C=O) groups excluding carboxylic acids is 1. The lowest BCUT2D eigenvalue weighted by atomic mass is 9.80. The molecule has 6 nitrogen and oxygen atoms in total. The quantitative estimate of drug-likeness (QED) is 0.660. The number of aliphatic carboxylic acids is 1. The first-order chi connectivity index (χ1) is 9.05. The summed E-state index contributed by atoms with van der Waals surface area (Å²) in [7, 11) is 0. The summed E-state index contributed by atoms with van der Waals surface area (Å²) in [6.07, 6.45) is 0.919. The lowest BCUT2D eigenvalue weighted by molar-refractivity contribution is -0.154. The van der Waals surface area contributed by atoms with Crippen molar-refractivity contribution in [1.82, 2.24) is 10.6 Å². The molecule has 2 aliphatic heterocycles. The van der Waals surface area contributed by atoms with Gasteiger partial charge in [0.25, 0.3) is 0 Å². The number of carbonyl (C=O) groups is 2. The van der Waals surface area contributed by atoms with Crippen LogP contribution in [0.2, 0.25) is 0 Å². The van der Waals surface area contributed by atoms with E-state index in [1.807, 2.05) is 6.92 Å². The van der Waals surface area contributed by atoms with Crippen LogP contribution < -0.4 is 10.6 Å². The Kier molecular flexibility index (Phi) is 4.42. The fourth-order valence-corrected chi connectivity index (χ4v) is 2.78. The van der Waals surface area contributed by atoms with Crippen LogP contribution in [0.4, 0.5) is 0 Å². The molecule has 0 saturated carbocycles. The second-order valence-corrected chi connectivity index (χ2v) is 5.66. The summed E-state index contributed by atoms with van der Waals surface area (Å²) in [5.74, 6) is -0.625. The van der Waals surface area contributed by atoms with E-state index >= 15 is 0 Å². The van der Waals surface area contributed by atoms with Crippen LogP contribution in [0, 0.1) is 17.3 Å². The van der Waals surface area contributed by atoms with E-state index < -0.39 is 11.4 Å². The fraction of sp³-hybridized carbons (Fsp3) is 0.846. The topological polar surface area (TPSA) is 87.7 Å². The standard InChI is InChI=1S/C13H22N2O4/c1-9-6-14-7-10(9)11(16)15-8-13(12(17)18)2-4-19-5-3-13/h9-10,14H,2-8H2,1H3,(H,15,16)(H,17,18)/t9-,10-/m1/s1. The predicted molar refractivity (Wildman–Crippen MR) is 68.7 cm³/mol. The van der Waals surface area contributed by atoms with Gasteiger partial charge in [-0.15, -0.1) is 0 Å². The molecule has 0 radical (unpaired) electrons. The molecule has 2 atom stereocenters. The van der Waals surface area contributed by atoms with E-state index in [4.69, 9.17) is 4.74 Å². The van der Waals surface area contributed by atoms with Crippen molar-refractivity contribution in [3.63, 3.8) is 0 Å². The second-order valence-electron chi connectivity index (χ2n) is 5.66. The molecule has 6 heteroatoms. The molecule has 108 valence electrons. The lowest BCUT2D eigenvalue weighted by Gasteiger charge is -2.33. The van der Waals surface area contributed by atoms with Crippen molar-refractivity contribution in [2.45, 2.75) is 19.8 Å². The van der Waals surface area contributed by atoms with Gasteiger partial charge in [0.15, 0.2) is 0 Å². The maximum Gasteiger partial charge on any atom is 0.311 e. The monoisotopic (exact) mass is 270 g/mol. The molecular weight excluding hydrogens is 248 g/mol. The van der Waals surface area contributed by atoms with Crippen molar-refractivity contribution in [1.29, 1.82) is 0 Å². The van der Waals surface area contributed by atoms with Crippen molar-refractivity contribution in [2.24, 2.45) is 17.3 Å². The summed E-state index contributed by atoms with van der Waals surface area (Å²) in [4.78, 5) is 23.5. The summed E-state index contributed by atoms with van der Waals surface area (Å²) >= 11 is 0. The molecule has 0 spiro atoms. The molecule has 19 heavy (non-hydrogen) atoms. The molecule has 0 aromatic heterocycles. The van der Waals surface area contributed by atoms with Crippen LogP contribution in [-0.2, 0) is 14.3 Å². The third-order valence-electron chi connectivity index (χ3n) is 4.36. The SMILES string of the molecule is C[C@@H]1CNC[C@H]1C(=O)NCC1(C(=O)O)CCOCC1. The highest BCUT2D eigenvalue weighted by Gasteiger charge is 2.41. The van der Waals surface area contributed by atoms with Gasteiger partial charge < -0.3 is 20.5 Å². The molecule has 0 aromatic rings. The van der Waals surface area contributed by atoms with Crippen LogP contribution >= 0.6 is 0 Å². The number of rotatable bonds is 4. The average molecular weight is 270 g/mol. The van der Waals surface area contributed by atoms with E-state index in [1.54, 1.807) is 0 Å². The molecule has 2 aliphatic rings. The van der Waals surface area contributed by atoms with Gasteiger partial charge in [0.05, 0.1) is 11.3 Å². The molecule has 0 unspecified atom stereocenters. The van der Waals surface area contributed by atoms with E-state index in [2.05, 4.69) is 10.6 Å². The van der Waals surface area contributed by atoms with Crippen molar-refractivity contribution in [2.75, 3.05) is 32.8 Å². The van der Waals surface area contributed by atoms with Gasteiger partial charge in [-0.2, -0.15) is 0 Å². The Labute approximate surface area is 112 Å². The Hall–Kier alpha value is -1.14. The van der Waals surface area contributed by atoms with Crippen LogP contribution in [0.5, 0.6) is 0 Å².